The van der Waals surface area contributed by atoms with Gasteiger partial charge in [0.05, 0.1) is 5.57 Å². The molecule has 4 heteroatoms. The molecule has 1 fully saturated rings. The number of allylic oxidation sites excluding steroid dienone is 1. The van der Waals surface area contributed by atoms with E-state index in [-0.39, 0.29) is 17.1 Å². The Morgan fingerprint density at radius 2 is 1.84 bits per heavy atom. The first-order valence-electron chi connectivity index (χ1n) is 6.48. The van der Waals surface area contributed by atoms with Crippen LogP contribution >= 0.6 is 0 Å². The van der Waals surface area contributed by atoms with Gasteiger partial charge >= 0.3 is 5.97 Å². The standard InChI is InChI=1S/C15H16F2O2/c16-13-7-6-11(9-14(13)17)12(15(18)19)8-10-4-2-1-3-5-10/h6-10H,1-5H2,(H,18,19). The first-order chi connectivity index (χ1) is 9.08. The highest BCUT2D eigenvalue weighted by atomic mass is 19.2. The zero-order valence-electron chi connectivity index (χ0n) is 10.5. The van der Waals surface area contributed by atoms with Crippen molar-refractivity contribution in [1.29, 1.82) is 0 Å². The van der Waals surface area contributed by atoms with Crippen LogP contribution in [0.15, 0.2) is 24.3 Å². The summed E-state index contributed by atoms with van der Waals surface area (Å²) in [6, 6.07) is 3.21. The van der Waals surface area contributed by atoms with E-state index in [0.29, 0.717) is 0 Å². The SMILES string of the molecule is O=C(O)C(=CC1CCCCC1)c1ccc(F)c(F)c1. The number of hydrogen-bond donors (Lipinski definition) is 1. The minimum atomic E-state index is -1.10. The number of carbonyl (C=O) groups is 1. The fourth-order valence-electron chi connectivity index (χ4n) is 2.49. The molecule has 0 amide bonds. The van der Waals surface area contributed by atoms with Gasteiger partial charge in [0, 0.05) is 0 Å². The zero-order valence-corrected chi connectivity index (χ0v) is 10.5. The van der Waals surface area contributed by atoms with Crippen LogP contribution in [-0.2, 0) is 4.79 Å². The number of carboxylic acids is 1. The number of carboxylic acid groups (broad SMARTS) is 1. The summed E-state index contributed by atoms with van der Waals surface area (Å²) in [5, 5.41) is 9.23. The molecule has 0 heterocycles. The molecule has 0 aromatic heterocycles. The quantitative estimate of drug-likeness (QED) is 0.839. The largest absolute Gasteiger partial charge is 0.478 e. The smallest absolute Gasteiger partial charge is 0.335 e. The van der Waals surface area contributed by atoms with Crippen LogP contribution in [-0.4, -0.2) is 11.1 Å². The number of halogens is 2. The van der Waals surface area contributed by atoms with Crippen molar-refractivity contribution in [3.8, 4) is 0 Å². The first kappa shape index (κ1) is 13.7. The summed E-state index contributed by atoms with van der Waals surface area (Å²) in [4.78, 5) is 11.3. The molecule has 1 aromatic carbocycles. The van der Waals surface area contributed by atoms with E-state index < -0.39 is 17.6 Å². The zero-order chi connectivity index (χ0) is 13.8. The van der Waals surface area contributed by atoms with Gasteiger partial charge in [0.1, 0.15) is 0 Å². The molecule has 1 aliphatic rings. The van der Waals surface area contributed by atoms with Crippen molar-refractivity contribution < 1.29 is 18.7 Å². The summed E-state index contributed by atoms with van der Waals surface area (Å²) >= 11 is 0. The molecule has 0 spiro atoms. The Morgan fingerprint density at radius 3 is 2.42 bits per heavy atom. The molecular weight excluding hydrogens is 250 g/mol. The normalized spacial score (nSPS) is 17.5. The van der Waals surface area contributed by atoms with Crippen LogP contribution in [0.5, 0.6) is 0 Å². The summed E-state index contributed by atoms with van der Waals surface area (Å²) in [5.74, 6) is -2.87. The predicted molar refractivity (Wildman–Crippen MR) is 68.5 cm³/mol. The van der Waals surface area contributed by atoms with E-state index in [2.05, 4.69) is 0 Å². The van der Waals surface area contributed by atoms with Crippen LogP contribution < -0.4 is 0 Å². The molecule has 1 N–H and O–H groups in total. The van der Waals surface area contributed by atoms with E-state index in [0.717, 1.165) is 37.8 Å². The van der Waals surface area contributed by atoms with Crippen molar-refractivity contribution in [3.63, 3.8) is 0 Å². The van der Waals surface area contributed by atoms with Gasteiger partial charge in [0.25, 0.3) is 0 Å². The highest BCUT2D eigenvalue weighted by Crippen LogP contribution is 2.28. The summed E-state index contributed by atoms with van der Waals surface area (Å²) in [6.45, 7) is 0. The molecule has 0 bridgehead atoms. The van der Waals surface area contributed by atoms with E-state index in [1.807, 2.05) is 0 Å². The Morgan fingerprint density at radius 1 is 1.16 bits per heavy atom. The summed E-state index contributed by atoms with van der Waals surface area (Å²) in [6.07, 6.45) is 6.96. The average Bonchev–Trinajstić information content (AvgIpc) is 2.40. The average molecular weight is 266 g/mol. The lowest BCUT2D eigenvalue weighted by Gasteiger charge is -2.19. The van der Waals surface area contributed by atoms with E-state index in [1.54, 1.807) is 6.08 Å². The second-order valence-corrected chi connectivity index (χ2v) is 4.91. The third-order valence-corrected chi connectivity index (χ3v) is 3.51. The Hall–Kier alpha value is -1.71. The minimum absolute atomic E-state index is 0.0609. The monoisotopic (exact) mass is 266 g/mol. The minimum Gasteiger partial charge on any atom is -0.478 e. The van der Waals surface area contributed by atoms with Gasteiger partial charge in [-0.25, -0.2) is 13.6 Å². The van der Waals surface area contributed by atoms with Crippen molar-refractivity contribution in [3.05, 3.63) is 41.5 Å². The van der Waals surface area contributed by atoms with Crippen molar-refractivity contribution in [1.82, 2.24) is 0 Å². The van der Waals surface area contributed by atoms with Gasteiger partial charge in [0.15, 0.2) is 11.6 Å². The van der Waals surface area contributed by atoms with Crippen molar-refractivity contribution >= 4 is 11.5 Å². The van der Waals surface area contributed by atoms with E-state index >= 15 is 0 Å². The maximum absolute atomic E-state index is 13.2. The van der Waals surface area contributed by atoms with E-state index in [9.17, 15) is 18.7 Å². The lowest BCUT2D eigenvalue weighted by molar-refractivity contribution is -0.130. The van der Waals surface area contributed by atoms with Crippen LogP contribution in [0.25, 0.3) is 5.57 Å². The highest BCUT2D eigenvalue weighted by Gasteiger charge is 2.17. The lowest BCUT2D eigenvalue weighted by atomic mass is 9.87. The van der Waals surface area contributed by atoms with Gasteiger partial charge in [-0.2, -0.15) is 0 Å². The van der Waals surface area contributed by atoms with Crippen LogP contribution in [0.1, 0.15) is 37.7 Å². The molecule has 1 aliphatic carbocycles. The van der Waals surface area contributed by atoms with Crippen molar-refractivity contribution in [2.75, 3.05) is 0 Å². The van der Waals surface area contributed by atoms with E-state index in [4.69, 9.17) is 0 Å². The molecule has 102 valence electrons. The molecule has 19 heavy (non-hydrogen) atoms. The molecule has 1 saturated carbocycles. The van der Waals surface area contributed by atoms with Crippen LogP contribution in [0.4, 0.5) is 8.78 Å². The molecule has 0 saturated heterocycles. The number of aliphatic carboxylic acids is 1. The number of hydrogen-bond acceptors (Lipinski definition) is 1. The van der Waals surface area contributed by atoms with Gasteiger partial charge in [-0.3, -0.25) is 0 Å². The summed E-state index contributed by atoms with van der Waals surface area (Å²) in [5.41, 5.74) is 0.280. The van der Waals surface area contributed by atoms with Gasteiger partial charge in [-0.15, -0.1) is 0 Å². The maximum Gasteiger partial charge on any atom is 0.335 e. The molecule has 0 unspecified atom stereocenters. The highest BCUT2D eigenvalue weighted by molar-refractivity contribution is 6.15. The molecule has 2 rings (SSSR count). The molecule has 2 nitrogen and oxygen atoms in total. The summed E-state index contributed by atoms with van der Waals surface area (Å²) < 4.78 is 26.1. The van der Waals surface area contributed by atoms with Gasteiger partial charge < -0.3 is 5.11 Å². The Balaban J connectivity index is 2.30. The lowest BCUT2D eigenvalue weighted by Crippen LogP contribution is -2.08. The summed E-state index contributed by atoms with van der Waals surface area (Å²) in [7, 11) is 0. The molecular formula is C15H16F2O2. The number of benzene rings is 1. The van der Waals surface area contributed by atoms with Crippen molar-refractivity contribution in [2.24, 2.45) is 5.92 Å². The number of rotatable bonds is 3. The molecule has 0 radical (unpaired) electrons. The van der Waals surface area contributed by atoms with Crippen LogP contribution in [0.2, 0.25) is 0 Å². The Bertz CT molecular complexity index is 503. The van der Waals surface area contributed by atoms with Crippen molar-refractivity contribution in [2.45, 2.75) is 32.1 Å². The van der Waals surface area contributed by atoms with Gasteiger partial charge in [0.2, 0.25) is 0 Å². The Kier molecular flexibility index (Phi) is 4.30. The topological polar surface area (TPSA) is 37.3 Å². The fraction of sp³-hybridized carbons (Fsp3) is 0.400. The Labute approximate surface area is 110 Å². The second kappa shape index (κ2) is 5.95. The fourth-order valence-corrected chi connectivity index (χ4v) is 2.49. The van der Waals surface area contributed by atoms with Crippen LogP contribution in [0, 0.1) is 17.6 Å². The third-order valence-electron chi connectivity index (χ3n) is 3.51. The van der Waals surface area contributed by atoms with E-state index in [1.165, 1.54) is 12.5 Å². The molecule has 0 aliphatic heterocycles. The van der Waals surface area contributed by atoms with Gasteiger partial charge in [-0.05, 0) is 36.5 Å². The molecule has 0 atom stereocenters. The van der Waals surface area contributed by atoms with Gasteiger partial charge in [-0.1, -0.05) is 31.4 Å². The molecule has 1 aromatic rings. The maximum atomic E-state index is 13.2. The first-order valence-corrected chi connectivity index (χ1v) is 6.48. The third kappa shape index (κ3) is 3.40. The second-order valence-electron chi connectivity index (χ2n) is 4.91. The predicted octanol–water partition coefficient (Wildman–Crippen LogP) is 4.01. The van der Waals surface area contributed by atoms with Crippen LogP contribution in [0.3, 0.4) is 0 Å².